The number of hydrogen-bond acceptors (Lipinski definition) is 6. The molecular weight excluding hydrogens is 344 g/mol. The molecule has 0 saturated heterocycles. The quantitative estimate of drug-likeness (QED) is 0.478. The number of ether oxygens (including phenoxy) is 1. The van der Waals surface area contributed by atoms with Gasteiger partial charge in [0.25, 0.3) is 11.8 Å². The van der Waals surface area contributed by atoms with Crippen molar-refractivity contribution < 1.29 is 18.4 Å². The summed E-state index contributed by atoms with van der Waals surface area (Å²) >= 11 is 0. The van der Waals surface area contributed by atoms with Gasteiger partial charge in [-0.05, 0) is 35.7 Å². The summed E-state index contributed by atoms with van der Waals surface area (Å²) in [5.41, 5.74) is 2.54. The minimum atomic E-state index is -0.431. The third-order valence-electron chi connectivity index (χ3n) is 4.00. The maximum Gasteiger partial charge on any atom is 0.338 e. The lowest BCUT2D eigenvalue weighted by atomic mass is 10.00. The van der Waals surface area contributed by atoms with Gasteiger partial charge in [-0.1, -0.05) is 48.5 Å². The Hall–Kier alpha value is -3.67. The fourth-order valence-corrected chi connectivity index (χ4v) is 2.71. The number of carbonyl (C=O) groups excluding carboxylic acids is 1. The summed E-state index contributed by atoms with van der Waals surface area (Å²) in [5.74, 6) is 0.485. The highest BCUT2D eigenvalue weighted by molar-refractivity contribution is 5.91. The Balaban J connectivity index is 1.44. The first-order chi connectivity index (χ1) is 13.3. The number of aromatic nitrogens is 2. The smallest absolute Gasteiger partial charge is 0.338 e. The molecular formula is C21H16N2O4. The standard InChI is InChI=1S/C21H16N2O4/c24-21(26-14-19-22-23-20(27-19)18-11-6-12-25-18)17-10-5-4-9-16(17)13-15-7-2-1-3-8-15/h1-12H,13-14H2. The van der Waals surface area contributed by atoms with Gasteiger partial charge in [-0.3, -0.25) is 0 Å². The van der Waals surface area contributed by atoms with Crippen molar-refractivity contribution in [1.82, 2.24) is 10.2 Å². The van der Waals surface area contributed by atoms with E-state index in [1.165, 1.54) is 6.26 Å². The molecule has 2 aromatic carbocycles. The number of esters is 1. The van der Waals surface area contributed by atoms with Crippen molar-refractivity contribution in [2.75, 3.05) is 0 Å². The van der Waals surface area contributed by atoms with E-state index in [0.717, 1.165) is 11.1 Å². The Bertz CT molecular complexity index is 1020. The number of benzene rings is 2. The summed E-state index contributed by atoms with van der Waals surface area (Å²) in [7, 11) is 0. The van der Waals surface area contributed by atoms with E-state index in [2.05, 4.69) is 10.2 Å². The number of hydrogen-bond donors (Lipinski definition) is 0. The molecule has 0 amide bonds. The second kappa shape index (κ2) is 7.70. The lowest BCUT2D eigenvalue weighted by molar-refractivity contribution is 0.0437. The Morgan fingerprint density at radius 2 is 1.74 bits per heavy atom. The molecule has 27 heavy (non-hydrogen) atoms. The highest BCUT2D eigenvalue weighted by Crippen LogP contribution is 2.19. The number of furan rings is 1. The molecule has 0 fully saturated rings. The highest BCUT2D eigenvalue weighted by Gasteiger charge is 2.16. The monoisotopic (exact) mass is 360 g/mol. The largest absolute Gasteiger partial charge is 0.459 e. The van der Waals surface area contributed by atoms with Crippen molar-refractivity contribution in [1.29, 1.82) is 0 Å². The summed E-state index contributed by atoms with van der Waals surface area (Å²) < 4.78 is 16.0. The summed E-state index contributed by atoms with van der Waals surface area (Å²) in [6, 6.07) is 20.8. The Morgan fingerprint density at radius 1 is 0.926 bits per heavy atom. The van der Waals surface area contributed by atoms with Gasteiger partial charge in [0.2, 0.25) is 0 Å². The molecule has 0 aliphatic heterocycles. The van der Waals surface area contributed by atoms with E-state index < -0.39 is 5.97 Å². The molecule has 134 valence electrons. The topological polar surface area (TPSA) is 78.4 Å². The van der Waals surface area contributed by atoms with Crippen molar-refractivity contribution in [2.24, 2.45) is 0 Å². The minimum Gasteiger partial charge on any atom is -0.459 e. The first-order valence-corrected chi connectivity index (χ1v) is 8.45. The van der Waals surface area contributed by atoms with Crippen LogP contribution in [0, 0.1) is 0 Å². The zero-order chi connectivity index (χ0) is 18.5. The molecule has 6 heteroatoms. The summed E-state index contributed by atoms with van der Waals surface area (Å²) in [5, 5.41) is 7.76. The van der Waals surface area contributed by atoms with Crippen molar-refractivity contribution in [2.45, 2.75) is 13.0 Å². The van der Waals surface area contributed by atoms with Gasteiger partial charge in [0.1, 0.15) is 0 Å². The van der Waals surface area contributed by atoms with Gasteiger partial charge in [0.05, 0.1) is 11.8 Å². The van der Waals surface area contributed by atoms with E-state index in [1.807, 2.05) is 48.5 Å². The van der Waals surface area contributed by atoms with Crippen LogP contribution in [0.25, 0.3) is 11.7 Å². The highest BCUT2D eigenvalue weighted by atomic mass is 16.5. The van der Waals surface area contributed by atoms with Crippen LogP contribution in [-0.4, -0.2) is 16.2 Å². The van der Waals surface area contributed by atoms with Gasteiger partial charge in [-0.2, -0.15) is 0 Å². The molecule has 0 aliphatic carbocycles. The van der Waals surface area contributed by atoms with Crippen LogP contribution < -0.4 is 0 Å². The van der Waals surface area contributed by atoms with Gasteiger partial charge in [0, 0.05) is 0 Å². The average Bonchev–Trinajstić information content (AvgIpc) is 3.39. The number of carbonyl (C=O) groups is 1. The third-order valence-corrected chi connectivity index (χ3v) is 4.00. The summed E-state index contributed by atoms with van der Waals surface area (Å²) in [4.78, 5) is 12.5. The van der Waals surface area contributed by atoms with E-state index in [-0.39, 0.29) is 18.4 Å². The molecule has 0 unspecified atom stereocenters. The predicted molar refractivity (Wildman–Crippen MR) is 96.8 cm³/mol. The van der Waals surface area contributed by atoms with E-state index >= 15 is 0 Å². The second-order valence-corrected chi connectivity index (χ2v) is 5.87. The fraction of sp³-hybridized carbons (Fsp3) is 0.0952. The van der Waals surface area contributed by atoms with Gasteiger partial charge in [0.15, 0.2) is 12.4 Å². The van der Waals surface area contributed by atoms with Gasteiger partial charge >= 0.3 is 5.97 Å². The molecule has 4 rings (SSSR count). The zero-order valence-corrected chi connectivity index (χ0v) is 14.4. The van der Waals surface area contributed by atoms with Gasteiger partial charge < -0.3 is 13.6 Å². The van der Waals surface area contributed by atoms with Crippen LogP contribution in [0.3, 0.4) is 0 Å². The van der Waals surface area contributed by atoms with E-state index in [1.54, 1.807) is 18.2 Å². The Kier molecular flexibility index (Phi) is 4.78. The molecule has 0 aliphatic rings. The maximum absolute atomic E-state index is 12.5. The minimum absolute atomic E-state index is 0.105. The Morgan fingerprint density at radius 3 is 2.56 bits per heavy atom. The van der Waals surface area contributed by atoms with Crippen molar-refractivity contribution in [3.63, 3.8) is 0 Å². The molecule has 0 radical (unpaired) electrons. The van der Waals surface area contributed by atoms with Crippen molar-refractivity contribution in [3.05, 3.63) is 95.6 Å². The van der Waals surface area contributed by atoms with E-state index in [9.17, 15) is 4.79 Å². The molecule has 2 aromatic heterocycles. The van der Waals surface area contributed by atoms with Crippen molar-refractivity contribution in [3.8, 4) is 11.7 Å². The van der Waals surface area contributed by atoms with Crippen molar-refractivity contribution >= 4 is 5.97 Å². The zero-order valence-electron chi connectivity index (χ0n) is 14.4. The van der Waals surface area contributed by atoms with Crippen LogP contribution in [0.15, 0.2) is 81.8 Å². The normalized spacial score (nSPS) is 10.7. The second-order valence-electron chi connectivity index (χ2n) is 5.87. The first kappa shape index (κ1) is 16.8. The predicted octanol–water partition coefficient (Wildman–Crippen LogP) is 4.28. The molecule has 0 spiro atoms. The lowest BCUT2D eigenvalue weighted by Gasteiger charge is -2.09. The SMILES string of the molecule is O=C(OCc1nnc(-c2ccco2)o1)c1ccccc1Cc1ccccc1. The first-order valence-electron chi connectivity index (χ1n) is 8.45. The van der Waals surface area contributed by atoms with Gasteiger partial charge in [-0.15, -0.1) is 10.2 Å². The maximum atomic E-state index is 12.5. The number of rotatable bonds is 6. The molecule has 0 atom stereocenters. The molecule has 2 heterocycles. The fourth-order valence-electron chi connectivity index (χ4n) is 2.71. The molecule has 0 bridgehead atoms. The summed E-state index contributed by atoms with van der Waals surface area (Å²) in [6.45, 7) is -0.105. The average molecular weight is 360 g/mol. The van der Waals surface area contributed by atoms with Crippen LogP contribution in [-0.2, 0) is 17.8 Å². The van der Waals surface area contributed by atoms with E-state index in [0.29, 0.717) is 17.7 Å². The molecule has 0 N–H and O–H groups in total. The van der Waals surface area contributed by atoms with Crippen LogP contribution in [0.4, 0.5) is 0 Å². The van der Waals surface area contributed by atoms with Crippen LogP contribution >= 0.6 is 0 Å². The Labute approximate surface area is 155 Å². The third kappa shape index (κ3) is 3.95. The number of nitrogens with zero attached hydrogens (tertiary/aromatic N) is 2. The lowest BCUT2D eigenvalue weighted by Crippen LogP contribution is -2.09. The molecule has 0 saturated carbocycles. The van der Waals surface area contributed by atoms with Crippen LogP contribution in [0.1, 0.15) is 27.4 Å². The van der Waals surface area contributed by atoms with Crippen LogP contribution in [0.5, 0.6) is 0 Å². The molecule has 6 nitrogen and oxygen atoms in total. The molecule has 4 aromatic rings. The van der Waals surface area contributed by atoms with E-state index in [4.69, 9.17) is 13.6 Å². The van der Waals surface area contributed by atoms with Gasteiger partial charge in [-0.25, -0.2) is 4.79 Å². The van der Waals surface area contributed by atoms with Crippen LogP contribution in [0.2, 0.25) is 0 Å². The summed E-state index contributed by atoms with van der Waals surface area (Å²) in [6.07, 6.45) is 2.16.